The number of amides is 1. The highest BCUT2D eigenvalue weighted by molar-refractivity contribution is 7.47. The summed E-state index contributed by atoms with van der Waals surface area (Å²) in [7, 11) is -3.32. The van der Waals surface area contributed by atoms with E-state index in [0.29, 0.717) is 16.9 Å². The minimum atomic E-state index is -4.32. The van der Waals surface area contributed by atoms with Gasteiger partial charge in [-0.2, -0.15) is 0 Å². The fraction of sp³-hybridized carbons (Fsp3) is 0.364. The molecule has 9 nitrogen and oxygen atoms in total. The minimum Gasteiger partial charge on any atom is -0.485 e. The number of hydrogen-bond donors (Lipinski definition) is 2. The fourth-order valence-corrected chi connectivity index (χ4v) is 4.02. The summed E-state index contributed by atoms with van der Waals surface area (Å²) in [6.07, 6.45) is -0.945. The SMILES string of the molecule is COP(=O)(O)OCO[C@H]1[C@H](NC(=O)c2ccc(F)c(Cl)c2)c2cc(C(C)=O)ccc2OC1(C)C. The zero-order chi connectivity index (χ0) is 25.3. The van der Waals surface area contributed by atoms with Gasteiger partial charge in [0.15, 0.2) is 12.6 Å². The molecular formula is C22H24ClFNO8P. The Morgan fingerprint density at radius 2 is 1.91 bits per heavy atom. The molecule has 3 atom stereocenters. The lowest BCUT2D eigenvalue weighted by molar-refractivity contribution is -0.141. The van der Waals surface area contributed by atoms with Crippen molar-refractivity contribution in [3.05, 3.63) is 63.9 Å². The molecule has 0 saturated heterocycles. The van der Waals surface area contributed by atoms with Crippen LogP contribution in [0, 0.1) is 5.82 Å². The van der Waals surface area contributed by atoms with Gasteiger partial charge in [0.2, 0.25) is 0 Å². The summed E-state index contributed by atoms with van der Waals surface area (Å²) >= 11 is 5.82. The van der Waals surface area contributed by atoms with Crippen LogP contribution in [-0.2, 0) is 18.3 Å². The van der Waals surface area contributed by atoms with E-state index < -0.39 is 44.1 Å². The Morgan fingerprint density at radius 3 is 2.53 bits per heavy atom. The van der Waals surface area contributed by atoms with Crippen LogP contribution in [0.4, 0.5) is 4.39 Å². The lowest BCUT2D eigenvalue weighted by Crippen LogP contribution is -2.55. The van der Waals surface area contributed by atoms with Gasteiger partial charge in [-0.25, -0.2) is 8.96 Å². The molecule has 3 rings (SSSR count). The number of carbonyl (C=O) groups excluding carboxylic acids is 2. The third kappa shape index (κ3) is 5.83. The Hall–Kier alpha value is -2.33. The molecule has 0 saturated carbocycles. The molecule has 12 heteroatoms. The van der Waals surface area contributed by atoms with Crippen LogP contribution in [0.25, 0.3) is 0 Å². The van der Waals surface area contributed by atoms with Gasteiger partial charge < -0.3 is 19.7 Å². The number of rotatable bonds is 8. The summed E-state index contributed by atoms with van der Waals surface area (Å²) in [4.78, 5) is 34.5. The van der Waals surface area contributed by atoms with Crippen molar-refractivity contribution >= 4 is 31.1 Å². The van der Waals surface area contributed by atoms with Crippen LogP contribution in [0.3, 0.4) is 0 Å². The molecule has 1 unspecified atom stereocenters. The topological polar surface area (TPSA) is 120 Å². The summed E-state index contributed by atoms with van der Waals surface area (Å²) in [6, 6.07) is 7.41. The quantitative estimate of drug-likeness (QED) is 0.301. The van der Waals surface area contributed by atoms with Crippen molar-refractivity contribution in [2.45, 2.75) is 38.5 Å². The van der Waals surface area contributed by atoms with E-state index in [1.165, 1.54) is 19.1 Å². The highest BCUT2D eigenvalue weighted by Gasteiger charge is 2.46. The molecule has 0 aliphatic carbocycles. The van der Waals surface area contributed by atoms with Crippen LogP contribution in [0.1, 0.15) is 53.1 Å². The molecule has 0 aromatic heterocycles. The van der Waals surface area contributed by atoms with Crippen molar-refractivity contribution in [1.29, 1.82) is 0 Å². The maximum Gasteiger partial charge on any atom is 0.474 e. The summed E-state index contributed by atoms with van der Waals surface area (Å²) in [5.74, 6) is -1.07. The molecule has 0 bridgehead atoms. The molecule has 2 aromatic carbocycles. The van der Waals surface area contributed by atoms with Gasteiger partial charge in [0.1, 0.15) is 23.3 Å². The van der Waals surface area contributed by atoms with Crippen molar-refractivity contribution in [3.63, 3.8) is 0 Å². The number of ether oxygens (including phenoxy) is 2. The van der Waals surface area contributed by atoms with Crippen LogP contribution in [-0.4, -0.2) is 42.2 Å². The second kappa shape index (κ2) is 10.1. The first-order chi connectivity index (χ1) is 15.8. The maximum atomic E-state index is 13.6. The van der Waals surface area contributed by atoms with Crippen LogP contribution in [0.2, 0.25) is 5.02 Å². The van der Waals surface area contributed by atoms with Crippen LogP contribution >= 0.6 is 19.4 Å². The van der Waals surface area contributed by atoms with Crippen molar-refractivity contribution in [2.75, 3.05) is 13.9 Å². The first-order valence-corrected chi connectivity index (χ1v) is 12.0. The first-order valence-electron chi connectivity index (χ1n) is 10.1. The number of fused-ring (bicyclic) bond motifs is 1. The second-order valence-electron chi connectivity index (χ2n) is 8.08. The van der Waals surface area contributed by atoms with E-state index in [4.69, 9.17) is 25.6 Å². The van der Waals surface area contributed by atoms with Gasteiger partial charge in [-0.05, 0) is 57.2 Å². The van der Waals surface area contributed by atoms with E-state index in [1.807, 2.05) is 0 Å². The molecule has 2 N–H and O–H groups in total. The Kier molecular flexibility index (Phi) is 7.82. The number of phosphoric ester groups is 1. The van der Waals surface area contributed by atoms with Crippen LogP contribution < -0.4 is 10.1 Å². The van der Waals surface area contributed by atoms with Gasteiger partial charge in [0.25, 0.3) is 5.91 Å². The summed E-state index contributed by atoms with van der Waals surface area (Å²) in [6.45, 7) is 4.13. The normalized spacial score (nSPS) is 20.6. The molecule has 34 heavy (non-hydrogen) atoms. The lowest BCUT2D eigenvalue weighted by Gasteiger charge is -2.44. The van der Waals surface area contributed by atoms with Crippen molar-refractivity contribution < 1.29 is 42.0 Å². The molecule has 1 amide bonds. The van der Waals surface area contributed by atoms with E-state index in [1.54, 1.807) is 32.0 Å². The minimum absolute atomic E-state index is 0.0919. The summed E-state index contributed by atoms with van der Waals surface area (Å²) < 4.78 is 46.2. The lowest BCUT2D eigenvalue weighted by atomic mass is 9.85. The molecule has 0 spiro atoms. The molecule has 0 radical (unpaired) electrons. The van der Waals surface area contributed by atoms with Gasteiger partial charge in [-0.15, -0.1) is 0 Å². The Morgan fingerprint density at radius 1 is 1.24 bits per heavy atom. The van der Waals surface area contributed by atoms with Gasteiger partial charge in [-0.3, -0.25) is 18.6 Å². The van der Waals surface area contributed by atoms with Gasteiger partial charge in [0, 0.05) is 23.8 Å². The van der Waals surface area contributed by atoms with Crippen molar-refractivity contribution in [1.82, 2.24) is 5.32 Å². The van der Waals surface area contributed by atoms with Crippen LogP contribution in [0.15, 0.2) is 36.4 Å². The van der Waals surface area contributed by atoms with Gasteiger partial charge in [-0.1, -0.05) is 11.6 Å². The number of hydrogen-bond acceptors (Lipinski definition) is 7. The number of carbonyl (C=O) groups is 2. The predicted octanol–water partition coefficient (Wildman–Crippen LogP) is 4.43. The zero-order valence-corrected chi connectivity index (χ0v) is 20.5. The van der Waals surface area contributed by atoms with Crippen LogP contribution in [0.5, 0.6) is 5.75 Å². The zero-order valence-electron chi connectivity index (χ0n) is 18.8. The summed E-state index contributed by atoms with van der Waals surface area (Å²) in [5, 5.41) is 2.59. The Labute approximate surface area is 200 Å². The van der Waals surface area contributed by atoms with Gasteiger partial charge in [0.05, 0.1) is 11.1 Å². The number of nitrogens with one attached hydrogen (secondary N) is 1. The maximum absolute atomic E-state index is 13.6. The number of benzene rings is 2. The molecule has 1 aliphatic rings. The summed E-state index contributed by atoms with van der Waals surface area (Å²) in [5.41, 5.74) is -0.147. The third-order valence-electron chi connectivity index (χ3n) is 5.27. The van der Waals surface area contributed by atoms with E-state index in [0.717, 1.165) is 13.2 Å². The third-order valence-corrected chi connectivity index (χ3v) is 6.46. The van der Waals surface area contributed by atoms with Crippen molar-refractivity contribution in [3.8, 4) is 5.75 Å². The van der Waals surface area contributed by atoms with Crippen molar-refractivity contribution in [2.24, 2.45) is 0 Å². The molecule has 2 aromatic rings. The van der Waals surface area contributed by atoms with Gasteiger partial charge >= 0.3 is 7.82 Å². The highest BCUT2D eigenvalue weighted by atomic mass is 35.5. The monoisotopic (exact) mass is 515 g/mol. The number of ketones is 1. The van der Waals surface area contributed by atoms with E-state index in [2.05, 4.69) is 9.84 Å². The molecule has 1 heterocycles. The fourth-order valence-electron chi connectivity index (χ4n) is 3.54. The average Bonchev–Trinajstić information content (AvgIpc) is 2.76. The Bertz CT molecular complexity index is 1160. The molecule has 184 valence electrons. The second-order valence-corrected chi connectivity index (χ2v) is 10.0. The Balaban J connectivity index is 2.00. The number of Topliss-reactive ketones (excluding diaryl/α,β-unsaturated/α-hetero) is 1. The molecular weight excluding hydrogens is 492 g/mol. The van der Waals surface area contributed by atoms with E-state index in [-0.39, 0.29) is 16.4 Å². The smallest absolute Gasteiger partial charge is 0.474 e. The average molecular weight is 516 g/mol. The highest BCUT2D eigenvalue weighted by Crippen LogP contribution is 2.44. The molecule has 1 aliphatic heterocycles. The predicted molar refractivity (Wildman–Crippen MR) is 120 cm³/mol. The van der Waals surface area contributed by atoms with E-state index in [9.17, 15) is 23.4 Å². The van der Waals surface area contributed by atoms with E-state index >= 15 is 0 Å². The number of phosphoric acid groups is 1. The molecule has 0 fully saturated rings. The number of halogens is 2. The largest absolute Gasteiger partial charge is 0.485 e. The standard InChI is InChI=1S/C22H24ClFNO8P/c1-12(26)13-6-8-18-15(9-13)19(25-21(27)14-5-7-17(24)16(23)10-14)20(22(2,3)33-18)31-11-32-34(28,29)30-4/h5-10,19-20H,11H2,1-4H3,(H,25,27)(H,28,29)/t19-,20+/m1/s1. The first kappa shape index (κ1) is 26.3.